The Labute approximate surface area is 139 Å². The maximum atomic E-state index is 5.46. The Balaban J connectivity index is 1.56. The number of hydrogen-bond acceptors (Lipinski definition) is 6. The highest BCUT2D eigenvalue weighted by molar-refractivity contribution is 5.45. The Morgan fingerprint density at radius 2 is 1.83 bits per heavy atom. The molecule has 3 rings (SSSR count). The van der Waals surface area contributed by atoms with E-state index in [1.54, 1.807) is 0 Å². The van der Waals surface area contributed by atoms with Gasteiger partial charge >= 0.3 is 0 Å². The van der Waals surface area contributed by atoms with Crippen LogP contribution in [0, 0.1) is 12.8 Å². The first kappa shape index (κ1) is 16.5. The SMILES string of the molecule is Cc1cc(N2CCN(CC3CCOCC3)CC2)nc(N(C)C)n1. The van der Waals surface area contributed by atoms with Gasteiger partial charge in [-0.1, -0.05) is 0 Å². The van der Waals surface area contributed by atoms with E-state index in [0.717, 1.165) is 62.8 Å². The van der Waals surface area contributed by atoms with Gasteiger partial charge in [0, 0.05) is 71.8 Å². The largest absolute Gasteiger partial charge is 0.381 e. The van der Waals surface area contributed by atoms with E-state index in [4.69, 9.17) is 9.72 Å². The van der Waals surface area contributed by atoms with Crippen LogP contribution in [-0.4, -0.2) is 74.9 Å². The highest BCUT2D eigenvalue weighted by Crippen LogP contribution is 2.20. The number of anilines is 2. The van der Waals surface area contributed by atoms with Crippen LogP contribution in [0.25, 0.3) is 0 Å². The summed E-state index contributed by atoms with van der Waals surface area (Å²) in [5.41, 5.74) is 1.03. The second-order valence-corrected chi connectivity index (χ2v) is 6.91. The third-order valence-corrected chi connectivity index (χ3v) is 4.78. The number of ether oxygens (including phenoxy) is 1. The summed E-state index contributed by atoms with van der Waals surface area (Å²) in [5, 5.41) is 0. The monoisotopic (exact) mass is 319 g/mol. The molecule has 0 radical (unpaired) electrons. The summed E-state index contributed by atoms with van der Waals surface area (Å²) in [5.74, 6) is 2.67. The molecule has 2 fully saturated rings. The standard InChI is InChI=1S/C17H29N5O/c1-14-12-16(19-17(18-14)20(2)3)22-8-6-21(7-9-22)13-15-4-10-23-11-5-15/h12,15H,4-11,13H2,1-3H3. The summed E-state index contributed by atoms with van der Waals surface area (Å²) in [6.45, 7) is 9.49. The Morgan fingerprint density at radius 1 is 1.13 bits per heavy atom. The van der Waals surface area contributed by atoms with E-state index in [-0.39, 0.29) is 0 Å². The van der Waals surface area contributed by atoms with Crippen LogP contribution >= 0.6 is 0 Å². The smallest absolute Gasteiger partial charge is 0.226 e. The predicted octanol–water partition coefficient (Wildman–Crippen LogP) is 1.40. The fourth-order valence-electron chi connectivity index (χ4n) is 3.35. The molecular formula is C17H29N5O. The van der Waals surface area contributed by atoms with Crippen LogP contribution in [-0.2, 0) is 4.74 Å². The molecule has 0 saturated carbocycles. The van der Waals surface area contributed by atoms with Gasteiger partial charge in [-0.2, -0.15) is 4.98 Å². The zero-order chi connectivity index (χ0) is 16.2. The van der Waals surface area contributed by atoms with Crippen LogP contribution in [0.2, 0.25) is 0 Å². The summed E-state index contributed by atoms with van der Waals surface area (Å²) in [4.78, 5) is 16.2. The fourth-order valence-corrected chi connectivity index (χ4v) is 3.35. The van der Waals surface area contributed by atoms with Crippen molar-refractivity contribution in [3.8, 4) is 0 Å². The normalized spacial score (nSPS) is 20.7. The Bertz CT molecular complexity index is 508. The summed E-state index contributed by atoms with van der Waals surface area (Å²) >= 11 is 0. The molecule has 23 heavy (non-hydrogen) atoms. The first-order chi connectivity index (χ1) is 11.1. The first-order valence-electron chi connectivity index (χ1n) is 8.70. The average molecular weight is 319 g/mol. The molecule has 3 heterocycles. The number of piperazine rings is 1. The molecule has 6 nitrogen and oxygen atoms in total. The van der Waals surface area contributed by atoms with E-state index in [1.165, 1.54) is 19.4 Å². The summed E-state index contributed by atoms with van der Waals surface area (Å²) < 4.78 is 5.46. The summed E-state index contributed by atoms with van der Waals surface area (Å²) in [6, 6.07) is 2.10. The van der Waals surface area contributed by atoms with Gasteiger partial charge in [-0.3, -0.25) is 4.90 Å². The number of aromatic nitrogens is 2. The molecule has 0 aliphatic carbocycles. The highest BCUT2D eigenvalue weighted by Gasteiger charge is 2.22. The van der Waals surface area contributed by atoms with Gasteiger partial charge in [0.1, 0.15) is 5.82 Å². The lowest BCUT2D eigenvalue weighted by atomic mass is 9.99. The molecule has 1 aromatic rings. The molecule has 128 valence electrons. The first-order valence-corrected chi connectivity index (χ1v) is 8.70. The van der Waals surface area contributed by atoms with Crippen LogP contribution in [0.1, 0.15) is 18.5 Å². The van der Waals surface area contributed by atoms with Crippen LogP contribution in [0.5, 0.6) is 0 Å². The maximum Gasteiger partial charge on any atom is 0.226 e. The van der Waals surface area contributed by atoms with E-state index in [2.05, 4.69) is 20.9 Å². The molecule has 0 bridgehead atoms. The van der Waals surface area contributed by atoms with Gasteiger partial charge in [-0.25, -0.2) is 4.98 Å². The molecule has 6 heteroatoms. The zero-order valence-electron chi connectivity index (χ0n) is 14.7. The van der Waals surface area contributed by atoms with Gasteiger partial charge in [-0.05, 0) is 25.7 Å². The Hall–Kier alpha value is -1.40. The predicted molar refractivity (Wildman–Crippen MR) is 93.3 cm³/mol. The number of nitrogens with zero attached hydrogens (tertiary/aromatic N) is 5. The second-order valence-electron chi connectivity index (χ2n) is 6.91. The van der Waals surface area contributed by atoms with Crippen molar-refractivity contribution in [3.63, 3.8) is 0 Å². The zero-order valence-corrected chi connectivity index (χ0v) is 14.7. The third-order valence-electron chi connectivity index (χ3n) is 4.78. The molecule has 0 atom stereocenters. The maximum absolute atomic E-state index is 5.46. The molecule has 2 saturated heterocycles. The summed E-state index contributed by atoms with van der Waals surface area (Å²) in [6.07, 6.45) is 2.44. The van der Waals surface area contributed by atoms with Crippen molar-refractivity contribution in [1.29, 1.82) is 0 Å². The van der Waals surface area contributed by atoms with E-state index < -0.39 is 0 Å². The summed E-state index contributed by atoms with van der Waals surface area (Å²) in [7, 11) is 3.98. The fraction of sp³-hybridized carbons (Fsp3) is 0.765. The third kappa shape index (κ3) is 4.32. The number of rotatable bonds is 4. The van der Waals surface area contributed by atoms with Gasteiger partial charge in [0.2, 0.25) is 5.95 Å². The molecule has 2 aliphatic rings. The van der Waals surface area contributed by atoms with Gasteiger partial charge in [0.05, 0.1) is 0 Å². The topological polar surface area (TPSA) is 44.7 Å². The van der Waals surface area contributed by atoms with Crippen molar-refractivity contribution >= 4 is 11.8 Å². The molecule has 0 N–H and O–H groups in total. The molecular weight excluding hydrogens is 290 g/mol. The number of hydrogen-bond donors (Lipinski definition) is 0. The van der Waals surface area contributed by atoms with E-state index >= 15 is 0 Å². The lowest BCUT2D eigenvalue weighted by Crippen LogP contribution is -2.48. The van der Waals surface area contributed by atoms with E-state index in [9.17, 15) is 0 Å². The van der Waals surface area contributed by atoms with Gasteiger partial charge < -0.3 is 14.5 Å². The van der Waals surface area contributed by atoms with Crippen molar-refractivity contribution in [2.24, 2.45) is 5.92 Å². The van der Waals surface area contributed by atoms with Gasteiger partial charge in [0.25, 0.3) is 0 Å². The second kappa shape index (κ2) is 7.45. The minimum atomic E-state index is 0.796. The van der Waals surface area contributed by atoms with Crippen molar-refractivity contribution in [1.82, 2.24) is 14.9 Å². The van der Waals surface area contributed by atoms with Gasteiger partial charge in [-0.15, -0.1) is 0 Å². The molecule has 0 amide bonds. The molecule has 0 unspecified atom stereocenters. The van der Waals surface area contributed by atoms with Crippen LogP contribution in [0.15, 0.2) is 6.07 Å². The number of aryl methyl sites for hydroxylation is 1. The molecule has 1 aromatic heterocycles. The lowest BCUT2D eigenvalue weighted by Gasteiger charge is -2.37. The quantitative estimate of drug-likeness (QED) is 0.836. The molecule has 2 aliphatic heterocycles. The van der Waals surface area contributed by atoms with Crippen LogP contribution < -0.4 is 9.80 Å². The Kier molecular flexibility index (Phi) is 5.33. The van der Waals surface area contributed by atoms with Crippen molar-refractivity contribution in [2.45, 2.75) is 19.8 Å². The van der Waals surface area contributed by atoms with Crippen molar-refractivity contribution in [2.75, 3.05) is 69.8 Å². The van der Waals surface area contributed by atoms with E-state index in [0.29, 0.717) is 0 Å². The van der Waals surface area contributed by atoms with Gasteiger partial charge in [0.15, 0.2) is 0 Å². The van der Waals surface area contributed by atoms with Crippen molar-refractivity contribution < 1.29 is 4.74 Å². The average Bonchev–Trinajstić information content (AvgIpc) is 2.56. The Morgan fingerprint density at radius 3 is 2.48 bits per heavy atom. The van der Waals surface area contributed by atoms with E-state index in [1.807, 2.05) is 25.9 Å². The molecule has 0 aromatic carbocycles. The molecule has 0 spiro atoms. The lowest BCUT2D eigenvalue weighted by molar-refractivity contribution is 0.0517. The minimum Gasteiger partial charge on any atom is -0.381 e. The van der Waals surface area contributed by atoms with Crippen molar-refractivity contribution in [3.05, 3.63) is 11.8 Å². The van der Waals surface area contributed by atoms with Crippen LogP contribution in [0.4, 0.5) is 11.8 Å². The van der Waals surface area contributed by atoms with Crippen LogP contribution in [0.3, 0.4) is 0 Å². The highest BCUT2D eigenvalue weighted by atomic mass is 16.5. The minimum absolute atomic E-state index is 0.796.